The van der Waals surface area contributed by atoms with Crippen molar-refractivity contribution in [3.05, 3.63) is 146 Å². The third-order valence-corrected chi connectivity index (χ3v) is 12.0. The Morgan fingerprint density at radius 1 is 0.365 bits per heavy atom. The lowest BCUT2D eigenvalue weighted by molar-refractivity contribution is 0.367. The van der Waals surface area contributed by atoms with Gasteiger partial charge < -0.3 is 18.1 Å². The van der Waals surface area contributed by atoms with Crippen LogP contribution in [-0.4, -0.2) is 13.7 Å². The van der Waals surface area contributed by atoms with Gasteiger partial charge in [-0.3, -0.25) is 0 Å². The molecule has 248 valence electrons. The first-order valence-electron chi connectivity index (χ1n) is 18.7. The molecular formula is C48H35N3O. The number of hydrogen-bond donors (Lipinski definition) is 0. The van der Waals surface area contributed by atoms with Crippen LogP contribution in [0.4, 0.5) is 0 Å². The lowest BCUT2D eigenvalue weighted by Gasteiger charge is -2.25. The van der Waals surface area contributed by atoms with Crippen LogP contribution in [0.5, 0.6) is 0 Å². The van der Waals surface area contributed by atoms with Crippen molar-refractivity contribution in [3.8, 4) is 11.4 Å². The first-order chi connectivity index (χ1) is 25.8. The molecule has 0 N–H and O–H groups in total. The minimum absolute atomic E-state index is 0.520. The standard InChI is InChI=1S/C48H35N3O/c1-2-12-30(13-3-1)49-43-20-10-6-16-35(43)38-28-46-39(29-45(38)49)37-26-31(50-41-18-8-4-14-33(41)34-15-5-9-19-42(34)50)22-24-44(37)51(46)32-23-25-48-40(27-32)36-17-7-11-21-47(36)52-48/h4-11,14-30H,1-3,12-13H2. The largest absolute Gasteiger partial charge is 0.456 e. The Hall–Kier alpha value is -6.26. The molecule has 1 aliphatic carbocycles. The quantitative estimate of drug-likeness (QED) is 0.184. The van der Waals surface area contributed by atoms with Crippen molar-refractivity contribution >= 4 is 87.4 Å². The van der Waals surface area contributed by atoms with E-state index >= 15 is 0 Å². The monoisotopic (exact) mass is 669 g/mol. The number of hydrogen-bond acceptors (Lipinski definition) is 1. The van der Waals surface area contributed by atoms with Gasteiger partial charge in [-0.2, -0.15) is 0 Å². The van der Waals surface area contributed by atoms with E-state index in [2.05, 4.69) is 153 Å². The summed E-state index contributed by atoms with van der Waals surface area (Å²) in [6.45, 7) is 0. The van der Waals surface area contributed by atoms with Gasteiger partial charge in [0.25, 0.3) is 0 Å². The molecule has 0 atom stereocenters. The molecule has 0 radical (unpaired) electrons. The van der Waals surface area contributed by atoms with Crippen LogP contribution < -0.4 is 0 Å². The van der Waals surface area contributed by atoms with Gasteiger partial charge in [-0.15, -0.1) is 0 Å². The van der Waals surface area contributed by atoms with Crippen LogP contribution in [0.2, 0.25) is 0 Å². The molecular weight excluding hydrogens is 635 g/mol. The molecule has 0 aliphatic heterocycles. The fraction of sp³-hybridized carbons (Fsp3) is 0.125. The minimum atomic E-state index is 0.520. The molecule has 0 spiro atoms. The smallest absolute Gasteiger partial charge is 0.135 e. The van der Waals surface area contributed by atoms with E-state index in [-0.39, 0.29) is 0 Å². The van der Waals surface area contributed by atoms with E-state index in [1.54, 1.807) is 0 Å². The average molecular weight is 670 g/mol. The topological polar surface area (TPSA) is 27.9 Å². The molecule has 0 saturated heterocycles. The van der Waals surface area contributed by atoms with Crippen molar-refractivity contribution in [2.75, 3.05) is 0 Å². The summed E-state index contributed by atoms with van der Waals surface area (Å²) in [5, 5.41) is 10.0. The normalized spacial score (nSPS) is 14.5. The Labute approximate surface area is 299 Å². The summed E-state index contributed by atoms with van der Waals surface area (Å²) in [6, 6.07) is 54.3. The Balaban J connectivity index is 1.20. The highest BCUT2D eigenvalue weighted by Crippen LogP contribution is 2.43. The van der Waals surface area contributed by atoms with Crippen LogP contribution in [0.15, 0.2) is 150 Å². The lowest BCUT2D eigenvalue weighted by Crippen LogP contribution is -2.12. The summed E-state index contributed by atoms with van der Waals surface area (Å²) in [6.07, 6.45) is 6.42. The summed E-state index contributed by atoms with van der Waals surface area (Å²) < 4.78 is 13.9. The third kappa shape index (κ3) is 3.87. The maximum Gasteiger partial charge on any atom is 0.135 e. The van der Waals surface area contributed by atoms with Crippen molar-refractivity contribution < 1.29 is 4.42 Å². The van der Waals surface area contributed by atoms with Crippen molar-refractivity contribution in [3.63, 3.8) is 0 Å². The van der Waals surface area contributed by atoms with Gasteiger partial charge in [0.05, 0.1) is 27.6 Å². The van der Waals surface area contributed by atoms with Gasteiger partial charge in [0, 0.05) is 66.0 Å². The highest BCUT2D eigenvalue weighted by atomic mass is 16.3. The van der Waals surface area contributed by atoms with Gasteiger partial charge in [0.1, 0.15) is 11.2 Å². The molecule has 7 aromatic carbocycles. The van der Waals surface area contributed by atoms with Gasteiger partial charge in [0.2, 0.25) is 0 Å². The Morgan fingerprint density at radius 3 is 1.62 bits per heavy atom. The van der Waals surface area contributed by atoms with Gasteiger partial charge in [-0.1, -0.05) is 92.1 Å². The molecule has 4 aromatic heterocycles. The Morgan fingerprint density at radius 2 is 0.865 bits per heavy atom. The molecule has 4 nitrogen and oxygen atoms in total. The average Bonchev–Trinajstić information content (AvgIpc) is 3.93. The van der Waals surface area contributed by atoms with Crippen molar-refractivity contribution in [1.29, 1.82) is 0 Å². The maximum absolute atomic E-state index is 6.28. The highest BCUT2D eigenvalue weighted by molar-refractivity contribution is 6.19. The van der Waals surface area contributed by atoms with E-state index in [0.717, 1.165) is 27.6 Å². The molecule has 4 heterocycles. The number of aromatic nitrogens is 3. The van der Waals surface area contributed by atoms with Crippen LogP contribution in [0.3, 0.4) is 0 Å². The molecule has 4 heteroatoms. The number of rotatable bonds is 3. The second kappa shape index (κ2) is 10.6. The molecule has 1 saturated carbocycles. The van der Waals surface area contributed by atoms with Crippen LogP contribution in [-0.2, 0) is 0 Å². The highest BCUT2D eigenvalue weighted by Gasteiger charge is 2.24. The number of nitrogens with zero attached hydrogens (tertiary/aromatic N) is 3. The van der Waals surface area contributed by atoms with E-state index < -0.39 is 0 Å². The maximum atomic E-state index is 6.28. The van der Waals surface area contributed by atoms with Crippen molar-refractivity contribution in [1.82, 2.24) is 13.7 Å². The lowest BCUT2D eigenvalue weighted by atomic mass is 9.95. The second-order valence-electron chi connectivity index (χ2n) is 14.8. The molecule has 0 bridgehead atoms. The summed E-state index contributed by atoms with van der Waals surface area (Å²) in [5.74, 6) is 0. The van der Waals surface area contributed by atoms with Gasteiger partial charge in [0.15, 0.2) is 0 Å². The summed E-state index contributed by atoms with van der Waals surface area (Å²) in [4.78, 5) is 0. The Kier molecular flexibility index (Phi) is 5.81. The molecule has 1 aliphatic rings. The van der Waals surface area contributed by atoms with Crippen molar-refractivity contribution in [2.45, 2.75) is 38.1 Å². The molecule has 0 unspecified atom stereocenters. The predicted octanol–water partition coefficient (Wildman–Crippen LogP) is 13.4. The molecule has 12 rings (SSSR count). The number of para-hydroxylation sites is 4. The minimum Gasteiger partial charge on any atom is -0.456 e. The van der Waals surface area contributed by atoms with E-state index in [4.69, 9.17) is 4.42 Å². The first kappa shape index (κ1) is 28.4. The zero-order chi connectivity index (χ0) is 33.9. The third-order valence-electron chi connectivity index (χ3n) is 12.0. The van der Waals surface area contributed by atoms with Gasteiger partial charge in [-0.05, 0) is 85.6 Å². The van der Waals surface area contributed by atoms with Crippen molar-refractivity contribution in [2.24, 2.45) is 0 Å². The molecule has 0 amide bonds. The van der Waals surface area contributed by atoms with Gasteiger partial charge in [-0.25, -0.2) is 0 Å². The van der Waals surface area contributed by atoms with Crippen LogP contribution in [0.25, 0.3) is 98.7 Å². The van der Waals surface area contributed by atoms with Gasteiger partial charge >= 0.3 is 0 Å². The predicted molar refractivity (Wildman–Crippen MR) is 218 cm³/mol. The van der Waals surface area contributed by atoms with Crippen LogP contribution in [0.1, 0.15) is 38.1 Å². The SMILES string of the molecule is c1ccc2c(c1)oc1ccc(-n3c4ccc(-n5c6ccccc6c6ccccc65)cc4c4cc5c(cc43)c3ccccc3n5C3CCCCC3)cc12. The second-order valence-corrected chi connectivity index (χ2v) is 14.8. The number of benzene rings is 7. The fourth-order valence-corrected chi connectivity index (χ4v) is 9.70. The zero-order valence-electron chi connectivity index (χ0n) is 28.7. The molecule has 11 aromatic rings. The summed E-state index contributed by atoms with van der Waals surface area (Å²) in [5.41, 5.74) is 11.7. The Bertz CT molecular complexity index is 3180. The fourth-order valence-electron chi connectivity index (χ4n) is 9.70. The molecule has 52 heavy (non-hydrogen) atoms. The van der Waals surface area contributed by atoms with E-state index in [0.29, 0.717) is 6.04 Å². The zero-order valence-corrected chi connectivity index (χ0v) is 28.7. The van der Waals surface area contributed by atoms with Crippen LogP contribution in [0, 0.1) is 0 Å². The number of furan rings is 1. The number of fused-ring (bicyclic) bond motifs is 12. The first-order valence-corrected chi connectivity index (χ1v) is 18.7. The van der Waals surface area contributed by atoms with Crippen LogP contribution >= 0.6 is 0 Å². The van der Waals surface area contributed by atoms with E-state index in [9.17, 15) is 0 Å². The summed E-state index contributed by atoms with van der Waals surface area (Å²) in [7, 11) is 0. The molecule has 1 fully saturated rings. The summed E-state index contributed by atoms with van der Waals surface area (Å²) >= 11 is 0. The van der Waals surface area contributed by atoms with E-state index in [1.165, 1.54) is 103 Å². The van der Waals surface area contributed by atoms with E-state index in [1.807, 2.05) is 6.07 Å².